The first-order valence-electron chi connectivity index (χ1n) is 10.5. The SMILES string of the molecule is Cc1nc(-c2cccc3c2oc2ccccc23)sc1C(=O)NCCC1CCCN1C. The molecule has 1 N–H and O–H groups in total. The van der Waals surface area contributed by atoms with Gasteiger partial charge in [0.2, 0.25) is 0 Å². The summed E-state index contributed by atoms with van der Waals surface area (Å²) in [7, 11) is 2.16. The molecule has 4 aromatic rings. The molecular formula is C24H25N3O2S. The average Bonchev–Trinajstić information content (AvgIpc) is 3.44. The van der Waals surface area contributed by atoms with Gasteiger partial charge in [-0.05, 0) is 51.9 Å². The molecule has 1 aliphatic heterocycles. The maximum atomic E-state index is 12.8. The van der Waals surface area contributed by atoms with Crippen LogP contribution in [0, 0.1) is 6.92 Å². The standard InChI is InChI=1S/C24H25N3O2S/c1-15-22(23(28)25-13-12-16-7-6-14-27(16)2)30-24(26-15)19-10-5-9-18-17-8-3-4-11-20(17)29-21(18)19/h3-5,8-11,16H,6-7,12-14H2,1-2H3,(H,25,28). The zero-order chi connectivity index (χ0) is 20.7. The number of thiazole rings is 1. The fourth-order valence-corrected chi connectivity index (χ4v) is 5.42. The number of rotatable bonds is 5. The number of likely N-dealkylation sites (tertiary alicyclic amines) is 1. The third-order valence-corrected chi connectivity index (χ3v) is 7.26. The summed E-state index contributed by atoms with van der Waals surface area (Å²) < 4.78 is 6.14. The van der Waals surface area contributed by atoms with Crippen LogP contribution in [0.5, 0.6) is 0 Å². The Balaban J connectivity index is 1.39. The zero-order valence-corrected chi connectivity index (χ0v) is 18.1. The lowest BCUT2D eigenvalue weighted by molar-refractivity contribution is 0.0953. The highest BCUT2D eigenvalue weighted by Gasteiger charge is 2.22. The Morgan fingerprint density at radius 1 is 1.23 bits per heavy atom. The van der Waals surface area contributed by atoms with Crippen LogP contribution in [0.25, 0.3) is 32.5 Å². The van der Waals surface area contributed by atoms with Gasteiger partial charge in [0.25, 0.3) is 5.91 Å². The van der Waals surface area contributed by atoms with E-state index in [4.69, 9.17) is 9.40 Å². The summed E-state index contributed by atoms with van der Waals surface area (Å²) in [6, 6.07) is 14.7. The summed E-state index contributed by atoms with van der Waals surface area (Å²) in [4.78, 5) is 20.6. The van der Waals surface area contributed by atoms with E-state index in [0.29, 0.717) is 17.5 Å². The Morgan fingerprint density at radius 2 is 2.07 bits per heavy atom. The second-order valence-corrected chi connectivity index (χ2v) is 9.03. The molecule has 5 rings (SSSR count). The molecule has 1 fully saturated rings. The number of benzene rings is 2. The van der Waals surface area contributed by atoms with E-state index in [1.54, 1.807) is 0 Å². The number of hydrogen-bond donors (Lipinski definition) is 1. The van der Waals surface area contributed by atoms with Crippen molar-refractivity contribution in [2.45, 2.75) is 32.2 Å². The summed E-state index contributed by atoms with van der Waals surface area (Å²) in [6.45, 7) is 3.75. The summed E-state index contributed by atoms with van der Waals surface area (Å²) >= 11 is 1.44. The van der Waals surface area contributed by atoms with Crippen LogP contribution in [0.3, 0.4) is 0 Å². The minimum absolute atomic E-state index is 0.0336. The normalized spacial score (nSPS) is 17.2. The van der Waals surface area contributed by atoms with Gasteiger partial charge in [0.05, 0.1) is 11.3 Å². The first-order valence-corrected chi connectivity index (χ1v) is 11.3. The molecular weight excluding hydrogens is 394 g/mol. The van der Waals surface area contributed by atoms with E-state index in [9.17, 15) is 4.79 Å². The number of para-hydroxylation sites is 2. The molecule has 6 heteroatoms. The first-order chi connectivity index (χ1) is 14.6. The molecule has 0 spiro atoms. The van der Waals surface area contributed by atoms with Crippen molar-refractivity contribution in [1.82, 2.24) is 15.2 Å². The van der Waals surface area contributed by atoms with Crippen molar-refractivity contribution in [3.8, 4) is 10.6 Å². The molecule has 154 valence electrons. The topological polar surface area (TPSA) is 58.4 Å². The molecule has 1 amide bonds. The summed E-state index contributed by atoms with van der Waals surface area (Å²) in [5, 5.41) is 6.08. The predicted octanol–water partition coefficient (Wildman–Crippen LogP) is 5.23. The summed E-state index contributed by atoms with van der Waals surface area (Å²) in [5.74, 6) is -0.0336. The lowest BCUT2D eigenvalue weighted by Crippen LogP contribution is -2.31. The fraction of sp³-hybridized carbons (Fsp3) is 0.333. The monoisotopic (exact) mass is 419 g/mol. The third kappa shape index (κ3) is 3.40. The van der Waals surface area contributed by atoms with E-state index in [0.717, 1.165) is 51.2 Å². The van der Waals surface area contributed by atoms with E-state index in [-0.39, 0.29) is 5.91 Å². The van der Waals surface area contributed by atoms with Crippen LogP contribution in [0.2, 0.25) is 0 Å². The van der Waals surface area contributed by atoms with E-state index in [1.807, 2.05) is 37.3 Å². The van der Waals surface area contributed by atoms with Gasteiger partial charge >= 0.3 is 0 Å². The van der Waals surface area contributed by atoms with Crippen molar-refractivity contribution in [1.29, 1.82) is 0 Å². The Hall–Kier alpha value is -2.70. The summed E-state index contributed by atoms with van der Waals surface area (Å²) in [6.07, 6.45) is 3.46. The Kier molecular flexibility index (Phi) is 5.05. The number of aromatic nitrogens is 1. The number of carbonyl (C=O) groups is 1. The second-order valence-electron chi connectivity index (χ2n) is 8.04. The van der Waals surface area contributed by atoms with Crippen molar-refractivity contribution in [3.05, 3.63) is 53.0 Å². The minimum atomic E-state index is -0.0336. The number of furan rings is 1. The van der Waals surface area contributed by atoms with Crippen LogP contribution in [-0.2, 0) is 0 Å². The predicted molar refractivity (Wildman–Crippen MR) is 122 cm³/mol. The maximum absolute atomic E-state index is 12.8. The van der Waals surface area contributed by atoms with Crippen LogP contribution in [0.4, 0.5) is 0 Å². The molecule has 30 heavy (non-hydrogen) atoms. The molecule has 0 aliphatic carbocycles. The largest absolute Gasteiger partial charge is 0.455 e. The van der Waals surface area contributed by atoms with Gasteiger partial charge in [-0.25, -0.2) is 4.98 Å². The highest BCUT2D eigenvalue weighted by Crippen LogP contribution is 2.37. The van der Waals surface area contributed by atoms with Gasteiger partial charge in [-0.15, -0.1) is 11.3 Å². The Morgan fingerprint density at radius 3 is 2.90 bits per heavy atom. The van der Waals surface area contributed by atoms with Crippen molar-refractivity contribution in [3.63, 3.8) is 0 Å². The van der Waals surface area contributed by atoms with E-state index in [1.165, 1.54) is 24.2 Å². The highest BCUT2D eigenvalue weighted by molar-refractivity contribution is 7.17. The van der Waals surface area contributed by atoms with Gasteiger partial charge in [-0.3, -0.25) is 4.79 Å². The van der Waals surface area contributed by atoms with E-state index in [2.05, 4.69) is 29.4 Å². The van der Waals surface area contributed by atoms with Gasteiger partial charge in [-0.1, -0.05) is 30.3 Å². The molecule has 3 heterocycles. The zero-order valence-electron chi connectivity index (χ0n) is 17.3. The van der Waals surface area contributed by atoms with Crippen molar-refractivity contribution >= 4 is 39.2 Å². The lowest BCUT2D eigenvalue weighted by atomic mass is 10.1. The quantitative estimate of drug-likeness (QED) is 0.481. The molecule has 1 atom stereocenters. The van der Waals surface area contributed by atoms with Gasteiger partial charge in [0, 0.05) is 23.4 Å². The number of carbonyl (C=O) groups excluding carboxylic acids is 1. The molecule has 1 aliphatic rings. The van der Waals surface area contributed by atoms with Gasteiger partial charge < -0.3 is 14.6 Å². The number of hydrogen-bond acceptors (Lipinski definition) is 5. The first kappa shape index (κ1) is 19.3. The molecule has 0 bridgehead atoms. The van der Waals surface area contributed by atoms with Crippen molar-refractivity contribution in [2.24, 2.45) is 0 Å². The summed E-state index contributed by atoms with van der Waals surface area (Å²) in [5.41, 5.74) is 3.38. The van der Waals surface area contributed by atoms with Gasteiger partial charge in [0.1, 0.15) is 21.1 Å². The molecule has 0 radical (unpaired) electrons. The number of nitrogens with zero attached hydrogens (tertiary/aromatic N) is 2. The van der Waals surface area contributed by atoms with Crippen LogP contribution in [0.1, 0.15) is 34.6 Å². The second kappa shape index (κ2) is 7.85. The van der Waals surface area contributed by atoms with Crippen LogP contribution >= 0.6 is 11.3 Å². The fourth-order valence-electron chi connectivity index (χ4n) is 4.41. The number of amides is 1. The van der Waals surface area contributed by atoms with Crippen LogP contribution < -0.4 is 5.32 Å². The van der Waals surface area contributed by atoms with E-state index < -0.39 is 0 Å². The van der Waals surface area contributed by atoms with E-state index >= 15 is 0 Å². The Labute approximate surface area is 179 Å². The smallest absolute Gasteiger partial charge is 0.263 e. The van der Waals surface area contributed by atoms with Crippen LogP contribution in [0.15, 0.2) is 46.9 Å². The molecule has 5 nitrogen and oxygen atoms in total. The maximum Gasteiger partial charge on any atom is 0.263 e. The van der Waals surface area contributed by atoms with Gasteiger partial charge in [0.15, 0.2) is 0 Å². The molecule has 1 saturated heterocycles. The average molecular weight is 420 g/mol. The number of aryl methyl sites for hydroxylation is 1. The molecule has 1 unspecified atom stereocenters. The minimum Gasteiger partial charge on any atom is -0.455 e. The Bertz CT molecular complexity index is 1230. The van der Waals surface area contributed by atoms with Gasteiger partial charge in [-0.2, -0.15) is 0 Å². The highest BCUT2D eigenvalue weighted by atomic mass is 32.1. The van der Waals surface area contributed by atoms with Crippen molar-refractivity contribution < 1.29 is 9.21 Å². The lowest BCUT2D eigenvalue weighted by Gasteiger charge is -2.19. The number of nitrogens with one attached hydrogen (secondary N) is 1. The molecule has 2 aromatic carbocycles. The van der Waals surface area contributed by atoms with Crippen LogP contribution in [-0.4, -0.2) is 42.0 Å². The van der Waals surface area contributed by atoms with Crippen molar-refractivity contribution in [2.75, 3.05) is 20.1 Å². The number of fused-ring (bicyclic) bond motifs is 3. The molecule has 0 saturated carbocycles. The third-order valence-electron chi connectivity index (χ3n) is 6.07. The molecule has 2 aromatic heterocycles.